The Labute approximate surface area is 207 Å². The molecule has 0 amide bonds. The van der Waals surface area contributed by atoms with E-state index in [2.05, 4.69) is 40.3 Å². The lowest BCUT2D eigenvalue weighted by Gasteiger charge is -2.35. The maximum atomic E-state index is 15.2. The second-order valence-corrected chi connectivity index (χ2v) is 9.45. The van der Waals surface area contributed by atoms with Gasteiger partial charge in [0.05, 0.1) is 6.61 Å². The molecule has 1 saturated heterocycles. The first-order valence-electron chi connectivity index (χ1n) is 12.3. The number of nitrogens with one attached hydrogen (secondary N) is 3. The predicted molar refractivity (Wildman–Crippen MR) is 135 cm³/mol. The molecule has 0 spiro atoms. The van der Waals surface area contributed by atoms with E-state index in [0.29, 0.717) is 40.8 Å². The van der Waals surface area contributed by atoms with Crippen LogP contribution in [0.5, 0.6) is 11.8 Å². The average Bonchev–Trinajstić information content (AvgIpc) is 3.50. The van der Waals surface area contributed by atoms with Crippen LogP contribution in [0.2, 0.25) is 0 Å². The quantitative estimate of drug-likeness (QED) is 0.294. The summed E-state index contributed by atoms with van der Waals surface area (Å²) in [5.74, 6) is 2.02. The first kappa shape index (κ1) is 22.7. The molecule has 6 rings (SSSR count). The van der Waals surface area contributed by atoms with Crippen LogP contribution in [0.1, 0.15) is 30.1 Å². The highest BCUT2D eigenvalue weighted by Crippen LogP contribution is 2.40. The lowest BCUT2D eigenvalue weighted by Crippen LogP contribution is -2.47. The third-order valence-electron chi connectivity index (χ3n) is 6.71. The lowest BCUT2D eigenvalue weighted by molar-refractivity contribution is 0.188. The average molecular weight is 493 g/mol. The van der Waals surface area contributed by atoms with Gasteiger partial charge in [-0.3, -0.25) is 10.00 Å². The molecule has 36 heavy (non-hydrogen) atoms. The van der Waals surface area contributed by atoms with E-state index in [1.807, 2.05) is 19.1 Å². The molecule has 1 aliphatic heterocycles. The second-order valence-electron chi connectivity index (χ2n) is 9.45. The summed E-state index contributed by atoms with van der Waals surface area (Å²) in [6.07, 6.45) is 2.35. The van der Waals surface area contributed by atoms with Crippen LogP contribution in [-0.4, -0.2) is 74.5 Å². The van der Waals surface area contributed by atoms with Gasteiger partial charge in [0.2, 0.25) is 0 Å². The van der Waals surface area contributed by atoms with Gasteiger partial charge in [0, 0.05) is 73.1 Å². The number of aromatic amines is 2. The van der Waals surface area contributed by atoms with E-state index in [9.17, 15) is 5.11 Å². The van der Waals surface area contributed by atoms with Gasteiger partial charge in [0.1, 0.15) is 11.6 Å². The molecule has 4 aromatic rings. The number of hydrogen-bond donors (Lipinski definition) is 4. The Morgan fingerprint density at radius 2 is 1.94 bits per heavy atom. The van der Waals surface area contributed by atoms with Crippen molar-refractivity contribution < 1.29 is 14.2 Å². The van der Waals surface area contributed by atoms with E-state index in [0.717, 1.165) is 37.6 Å². The number of anilines is 3. The van der Waals surface area contributed by atoms with E-state index in [1.54, 1.807) is 18.2 Å². The molecule has 188 valence electrons. The maximum Gasteiger partial charge on any atom is 0.326 e. The highest BCUT2D eigenvalue weighted by molar-refractivity contribution is 5.82. The summed E-state index contributed by atoms with van der Waals surface area (Å²) in [7, 11) is 0. The Morgan fingerprint density at radius 3 is 2.72 bits per heavy atom. The summed E-state index contributed by atoms with van der Waals surface area (Å²) < 4.78 is 21.1. The smallest absolute Gasteiger partial charge is 0.326 e. The van der Waals surface area contributed by atoms with Crippen LogP contribution in [0.25, 0.3) is 10.9 Å². The van der Waals surface area contributed by atoms with E-state index in [-0.39, 0.29) is 18.4 Å². The standard InChI is InChI=1S/C25H29FN8O2/c1-15-12-17-18(27-15)4-5-20(24(17)26)36-25-29-21(28-22-13-19(31-32-22)16-2-3-16)14-23(30-25)34-8-6-33(7-9-34)10-11-35/h4-5,12-14,16,27,35H,2-3,6-11H2,1H3,(H2,28,29,30,31,32). The molecule has 11 heteroatoms. The number of fused-ring (bicyclic) bond motifs is 1. The highest BCUT2D eigenvalue weighted by atomic mass is 19.1. The third-order valence-corrected chi connectivity index (χ3v) is 6.71. The van der Waals surface area contributed by atoms with Crippen molar-refractivity contribution in [3.8, 4) is 11.8 Å². The summed E-state index contributed by atoms with van der Waals surface area (Å²) >= 11 is 0. The number of halogens is 1. The molecule has 3 aromatic heterocycles. The molecule has 4 N–H and O–H groups in total. The van der Waals surface area contributed by atoms with E-state index in [4.69, 9.17) is 4.74 Å². The number of aromatic nitrogens is 5. The van der Waals surface area contributed by atoms with Crippen LogP contribution in [0.3, 0.4) is 0 Å². The summed E-state index contributed by atoms with van der Waals surface area (Å²) in [6.45, 7) is 5.79. The Bertz CT molecular complexity index is 1370. The zero-order valence-corrected chi connectivity index (χ0v) is 20.1. The summed E-state index contributed by atoms with van der Waals surface area (Å²) in [6, 6.07) is 9.02. The van der Waals surface area contributed by atoms with Gasteiger partial charge in [0.15, 0.2) is 17.4 Å². The van der Waals surface area contributed by atoms with Crippen molar-refractivity contribution in [3.63, 3.8) is 0 Å². The topological polar surface area (TPSA) is 118 Å². The normalized spacial score (nSPS) is 16.6. The number of piperazine rings is 1. The van der Waals surface area contributed by atoms with Crippen molar-refractivity contribution in [2.45, 2.75) is 25.7 Å². The van der Waals surface area contributed by atoms with Crippen molar-refractivity contribution in [2.24, 2.45) is 0 Å². The van der Waals surface area contributed by atoms with Crippen molar-refractivity contribution >= 4 is 28.4 Å². The molecule has 1 saturated carbocycles. The first-order valence-corrected chi connectivity index (χ1v) is 12.3. The monoisotopic (exact) mass is 492 g/mol. The Kier molecular flexibility index (Phi) is 5.94. The SMILES string of the molecule is Cc1cc2c(F)c(Oc3nc(Nc4cc(C5CC5)[nH]n4)cc(N4CCN(CCO)CC4)n3)ccc2[nH]1. The van der Waals surface area contributed by atoms with Gasteiger partial charge < -0.3 is 25.0 Å². The van der Waals surface area contributed by atoms with Crippen LogP contribution in [0, 0.1) is 12.7 Å². The Hall–Kier alpha value is -3.70. The molecule has 1 aromatic carbocycles. The third kappa shape index (κ3) is 4.71. The molecular formula is C25H29FN8O2. The van der Waals surface area contributed by atoms with Gasteiger partial charge in [0.25, 0.3) is 0 Å². The van der Waals surface area contributed by atoms with Gasteiger partial charge >= 0.3 is 6.01 Å². The summed E-state index contributed by atoms with van der Waals surface area (Å²) in [5.41, 5.74) is 2.69. The number of β-amino-alcohol motifs (C(OH)–C–C–N with tert-alkyl or cyclic N) is 1. The fourth-order valence-corrected chi connectivity index (χ4v) is 4.63. The van der Waals surface area contributed by atoms with Crippen LogP contribution < -0.4 is 15.0 Å². The van der Waals surface area contributed by atoms with Gasteiger partial charge in [-0.2, -0.15) is 15.1 Å². The molecule has 2 aliphatic rings. The summed E-state index contributed by atoms with van der Waals surface area (Å²) in [5, 5.41) is 20.4. The van der Waals surface area contributed by atoms with Crippen molar-refractivity contribution in [3.05, 3.63) is 47.5 Å². The minimum absolute atomic E-state index is 0.0521. The van der Waals surface area contributed by atoms with Crippen molar-refractivity contribution in [1.82, 2.24) is 30.0 Å². The molecule has 2 fully saturated rings. The Balaban J connectivity index is 1.29. The zero-order chi connectivity index (χ0) is 24.6. The number of aliphatic hydroxyl groups excluding tert-OH is 1. The number of aryl methyl sites for hydroxylation is 1. The number of rotatable bonds is 8. The maximum absolute atomic E-state index is 15.2. The molecule has 0 unspecified atom stereocenters. The van der Waals surface area contributed by atoms with Gasteiger partial charge in [-0.15, -0.1) is 0 Å². The van der Waals surface area contributed by atoms with Crippen molar-refractivity contribution in [1.29, 1.82) is 0 Å². The number of aliphatic hydroxyl groups is 1. The molecule has 0 bridgehead atoms. The van der Waals surface area contributed by atoms with Gasteiger partial charge in [-0.1, -0.05) is 0 Å². The fourth-order valence-electron chi connectivity index (χ4n) is 4.63. The Morgan fingerprint density at radius 1 is 1.11 bits per heavy atom. The molecule has 0 atom stereocenters. The fraction of sp³-hybridized carbons (Fsp3) is 0.400. The second kappa shape index (κ2) is 9.40. The number of ether oxygens (including phenoxy) is 1. The number of H-pyrrole nitrogens is 2. The number of benzene rings is 1. The van der Waals surface area contributed by atoms with E-state index >= 15 is 4.39 Å². The predicted octanol–water partition coefficient (Wildman–Crippen LogP) is 3.66. The van der Waals surface area contributed by atoms with Crippen molar-refractivity contribution in [2.75, 3.05) is 49.5 Å². The lowest BCUT2D eigenvalue weighted by atomic mass is 10.2. The molecule has 0 radical (unpaired) electrons. The first-order chi connectivity index (χ1) is 17.6. The van der Waals surface area contributed by atoms with Gasteiger partial charge in [-0.05, 0) is 38.0 Å². The zero-order valence-electron chi connectivity index (χ0n) is 20.1. The molecular weight excluding hydrogens is 463 g/mol. The van der Waals surface area contributed by atoms with Gasteiger partial charge in [-0.25, -0.2) is 4.39 Å². The van der Waals surface area contributed by atoms with E-state index < -0.39 is 5.82 Å². The summed E-state index contributed by atoms with van der Waals surface area (Å²) in [4.78, 5) is 16.6. The minimum atomic E-state index is -0.459. The largest absolute Gasteiger partial charge is 0.421 e. The van der Waals surface area contributed by atoms with Crippen LogP contribution >= 0.6 is 0 Å². The van der Waals surface area contributed by atoms with Crippen LogP contribution in [0.15, 0.2) is 30.3 Å². The minimum Gasteiger partial charge on any atom is -0.421 e. The number of hydrogen-bond acceptors (Lipinski definition) is 8. The molecule has 4 heterocycles. The number of nitrogens with zero attached hydrogens (tertiary/aromatic N) is 5. The highest BCUT2D eigenvalue weighted by Gasteiger charge is 2.26. The van der Waals surface area contributed by atoms with Crippen LogP contribution in [-0.2, 0) is 0 Å². The van der Waals surface area contributed by atoms with E-state index in [1.165, 1.54) is 12.8 Å². The molecule has 10 nitrogen and oxygen atoms in total. The molecule has 1 aliphatic carbocycles. The van der Waals surface area contributed by atoms with Crippen LogP contribution in [0.4, 0.5) is 21.8 Å².